The first-order valence-electron chi connectivity index (χ1n) is 6.47. The second-order valence-corrected chi connectivity index (χ2v) is 6.70. The highest BCUT2D eigenvalue weighted by molar-refractivity contribution is 7.89. The monoisotopic (exact) mass is 320 g/mol. The molecule has 0 aliphatic carbocycles. The average molecular weight is 320 g/mol. The zero-order chi connectivity index (χ0) is 16.3. The summed E-state index contributed by atoms with van der Waals surface area (Å²) in [5.41, 5.74) is 4.67. The number of benzene rings is 1. The molecule has 0 aliphatic rings. The SMILES string of the molecule is CCC(C)(CCO)NS(=O)(=O)c1cc(N)c(OC)c(F)c1. The van der Waals surface area contributed by atoms with Crippen LogP contribution in [-0.2, 0) is 10.0 Å². The van der Waals surface area contributed by atoms with E-state index in [1.807, 2.05) is 0 Å². The first-order chi connectivity index (χ1) is 9.69. The first kappa shape index (κ1) is 17.7. The van der Waals surface area contributed by atoms with E-state index in [-0.39, 0.29) is 29.4 Å². The molecule has 0 bridgehead atoms. The molecule has 0 saturated carbocycles. The van der Waals surface area contributed by atoms with Gasteiger partial charge in [0.15, 0.2) is 11.6 Å². The molecule has 1 atom stereocenters. The van der Waals surface area contributed by atoms with E-state index in [1.165, 1.54) is 7.11 Å². The van der Waals surface area contributed by atoms with Gasteiger partial charge in [-0.25, -0.2) is 17.5 Å². The summed E-state index contributed by atoms with van der Waals surface area (Å²) in [7, 11) is -2.71. The van der Waals surface area contributed by atoms with Crippen molar-refractivity contribution in [2.75, 3.05) is 19.5 Å². The number of hydrogen-bond acceptors (Lipinski definition) is 5. The Bertz CT molecular complexity index is 583. The van der Waals surface area contributed by atoms with Gasteiger partial charge in [-0.1, -0.05) is 6.92 Å². The number of sulfonamides is 1. The fourth-order valence-corrected chi connectivity index (χ4v) is 3.44. The van der Waals surface area contributed by atoms with Crippen molar-refractivity contribution in [1.29, 1.82) is 0 Å². The topological polar surface area (TPSA) is 102 Å². The van der Waals surface area contributed by atoms with Crippen LogP contribution in [0.15, 0.2) is 17.0 Å². The molecule has 1 unspecified atom stereocenters. The van der Waals surface area contributed by atoms with E-state index in [1.54, 1.807) is 13.8 Å². The van der Waals surface area contributed by atoms with Gasteiger partial charge in [-0.2, -0.15) is 0 Å². The van der Waals surface area contributed by atoms with E-state index in [9.17, 15) is 12.8 Å². The predicted octanol–water partition coefficient (Wildman–Crippen LogP) is 1.25. The number of methoxy groups -OCH3 is 1. The zero-order valence-corrected chi connectivity index (χ0v) is 13.1. The van der Waals surface area contributed by atoms with Crippen molar-refractivity contribution in [1.82, 2.24) is 4.72 Å². The minimum absolute atomic E-state index is 0.0989. The Hall–Kier alpha value is -1.38. The number of aliphatic hydroxyl groups excluding tert-OH is 1. The van der Waals surface area contributed by atoms with Crippen molar-refractivity contribution in [3.05, 3.63) is 17.9 Å². The number of hydrogen-bond donors (Lipinski definition) is 3. The lowest BCUT2D eigenvalue weighted by molar-refractivity contribution is 0.233. The number of rotatable bonds is 7. The Labute approximate surface area is 124 Å². The molecule has 0 amide bonds. The molecule has 1 aromatic rings. The fourth-order valence-electron chi connectivity index (χ4n) is 1.89. The third-order valence-electron chi connectivity index (χ3n) is 3.38. The number of ether oxygens (including phenoxy) is 1. The normalized spacial score (nSPS) is 14.7. The lowest BCUT2D eigenvalue weighted by Gasteiger charge is -2.28. The summed E-state index contributed by atoms with van der Waals surface area (Å²) < 4.78 is 45.7. The van der Waals surface area contributed by atoms with Crippen molar-refractivity contribution < 1.29 is 22.7 Å². The maximum atomic E-state index is 13.8. The van der Waals surface area contributed by atoms with Gasteiger partial charge in [-0.05, 0) is 31.9 Å². The van der Waals surface area contributed by atoms with E-state index in [0.717, 1.165) is 12.1 Å². The molecule has 0 radical (unpaired) electrons. The number of nitrogens with one attached hydrogen (secondary N) is 1. The highest BCUT2D eigenvalue weighted by Gasteiger charge is 2.29. The summed E-state index contributed by atoms with van der Waals surface area (Å²) in [6.45, 7) is 3.30. The largest absolute Gasteiger partial charge is 0.492 e. The van der Waals surface area contributed by atoms with Gasteiger partial charge in [0.25, 0.3) is 0 Å². The molecule has 0 spiro atoms. The number of anilines is 1. The lowest BCUT2D eigenvalue weighted by atomic mass is 9.97. The van der Waals surface area contributed by atoms with Crippen LogP contribution < -0.4 is 15.2 Å². The van der Waals surface area contributed by atoms with Crippen LogP contribution in [0.5, 0.6) is 5.75 Å². The molecular weight excluding hydrogens is 299 g/mol. The fraction of sp³-hybridized carbons (Fsp3) is 0.538. The van der Waals surface area contributed by atoms with Crippen LogP contribution in [0, 0.1) is 5.82 Å². The summed E-state index contributed by atoms with van der Waals surface area (Å²) in [6.07, 6.45) is 0.720. The molecule has 4 N–H and O–H groups in total. The van der Waals surface area contributed by atoms with E-state index in [2.05, 4.69) is 4.72 Å². The number of halogens is 1. The van der Waals surface area contributed by atoms with Crippen LogP contribution in [0.25, 0.3) is 0 Å². The summed E-state index contributed by atoms with van der Waals surface area (Å²) in [4.78, 5) is -0.282. The maximum Gasteiger partial charge on any atom is 0.241 e. The third kappa shape index (κ3) is 4.05. The highest BCUT2D eigenvalue weighted by Crippen LogP contribution is 2.29. The molecular formula is C13H21FN2O4S. The van der Waals surface area contributed by atoms with Crippen molar-refractivity contribution >= 4 is 15.7 Å². The quantitative estimate of drug-likeness (QED) is 0.656. The Morgan fingerprint density at radius 1 is 1.48 bits per heavy atom. The zero-order valence-electron chi connectivity index (χ0n) is 12.3. The maximum absolute atomic E-state index is 13.8. The summed E-state index contributed by atoms with van der Waals surface area (Å²) in [6, 6.07) is 1.99. The van der Waals surface area contributed by atoms with Gasteiger partial charge in [-0.15, -0.1) is 0 Å². The van der Waals surface area contributed by atoms with Gasteiger partial charge in [0.1, 0.15) is 0 Å². The molecule has 8 heteroatoms. The van der Waals surface area contributed by atoms with Crippen LogP contribution in [0.4, 0.5) is 10.1 Å². The third-order valence-corrected chi connectivity index (χ3v) is 5.00. The van der Waals surface area contributed by atoms with Crippen molar-refractivity contribution in [3.63, 3.8) is 0 Å². The van der Waals surface area contributed by atoms with Crippen LogP contribution >= 0.6 is 0 Å². The van der Waals surface area contributed by atoms with Gasteiger partial charge >= 0.3 is 0 Å². The Morgan fingerprint density at radius 2 is 2.10 bits per heavy atom. The molecule has 0 saturated heterocycles. The lowest BCUT2D eigenvalue weighted by Crippen LogP contribution is -2.46. The van der Waals surface area contributed by atoms with Gasteiger partial charge < -0.3 is 15.6 Å². The summed E-state index contributed by atoms with van der Waals surface area (Å²) in [5.74, 6) is -1.04. The molecule has 0 aliphatic heterocycles. The summed E-state index contributed by atoms with van der Waals surface area (Å²) in [5, 5.41) is 9.03. The Balaban J connectivity index is 3.20. The Kier molecular flexibility index (Phi) is 5.54. The van der Waals surface area contributed by atoms with E-state index < -0.39 is 21.4 Å². The van der Waals surface area contributed by atoms with E-state index in [4.69, 9.17) is 15.6 Å². The average Bonchev–Trinajstić information content (AvgIpc) is 2.38. The second kappa shape index (κ2) is 6.59. The predicted molar refractivity (Wildman–Crippen MR) is 78.1 cm³/mol. The van der Waals surface area contributed by atoms with Gasteiger partial charge in [-0.3, -0.25) is 0 Å². The molecule has 0 aromatic heterocycles. The highest BCUT2D eigenvalue weighted by atomic mass is 32.2. The minimum atomic E-state index is -3.96. The standard InChI is InChI=1S/C13H21FN2O4S/c1-4-13(2,5-6-17)16-21(18,19)9-7-10(14)12(20-3)11(15)8-9/h7-8,16-17H,4-6,15H2,1-3H3. The Morgan fingerprint density at radius 3 is 2.52 bits per heavy atom. The van der Waals surface area contributed by atoms with Crippen LogP contribution in [0.1, 0.15) is 26.7 Å². The number of nitrogen functional groups attached to an aromatic ring is 1. The smallest absolute Gasteiger partial charge is 0.241 e. The van der Waals surface area contributed by atoms with Crippen molar-refractivity contribution in [2.24, 2.45) is 0 Å². The molecule has 21 heavy (non-hydrogen) atoms. The molecule has 0 heterocycles. The van der Waals surface area contributed by atoms with Crippen LogP contribution in [0.2, 0.25) is 0 Å². The number of aliphatic hydroxyl groups is 1. The van der Waals surface area contributed by atoms with Crippen molar-refractivity contribution in [2.45, 2.75) is 37.1 Å². The molecule has 0 fully saturated rings. The first-order valence-corrected chi connectivity index (χ1v) is 7.95. The summed E-state index contributed by atoms with van der Waals surface area (Å²) >= 11 is 0. The van der Waals surface area contributed by atoms with Crippen molar-refractivity contribution in [3.8, 4) is 5.75 Å². The van der Waals surface area contributed by atoms with Gasteiger partial charge in [0.2, 0.25) is 10.0 Å². The van der Waals surface area contributed by atoms with E-state index in [0.29, 0.717) is 6.42 Å². The number of nitrogens with two attached hydrogens (primary N) is 1. The van der Waals surface area contributed by atoms with Crippen LogP contribution in [0.3, 0.4) is 0 Å². The molecule has 6 nitrogen and oxygen atoms in total. The second-order valence-electron chi connectivity index (χ2n) is 5.02. The minimum Gasteiger partial charge on any atom is -0.492 e. The molecule has 1 rings (SSSR count). The van der Waals surface area contributed by atoms with Crippen LogP contribution in [-0.4, -0.2) is 32.8 Å². The molecule has 1 aromatic carbocycles. The molecule has 120 valence electrons. The van der Waals surface area contributed by atoms with Gasteiger partial charge in [0.05, 0.1) is 17.7 Å². The van der Waals surface area contributed by atoms with Gasteiger partial charge in [0, 0.05) is 12.1 Å². The van der Waals surface area contributed by atoms with E-state index >= 15 is 0 Å².